The molecule has 0 aliphatic carbocycles. The van der Waals surface area contributed by atoms with Gasteiger partial charge in [-0.25, -0.2) is 17.6 Å². The van der Waals surface area contributed by atoms with Gasteiger partial charge in [-0.2, -0.15) is 0 Å². The van der Waals surface area contributed by atoms with Crippen LogP contribution in [0.2, 0.25) is 0 Å². The zero-order valence-electron chi connectivity index (χ0n) is 19.3. The molecule has 188 valence electrons. The third kappa shape index (κ3) is 5.01. The zero-order valence-corrected chi connectivity index (χ0v) is 19.3. The van der Waals surface area contributed by atoms with Crippen molar-refractivity contribution >= 4 is 34.0 Å². The van der Waals surface area contributed by atoms with Crippen LogP contribution in [0.5, 0.6) is 0 Å². The molecule has 0 spiro atoms. The molecule has 1 aromatic heterocycles. The van der Waals surface area contributed by atoms with Crippen molar-refractivity contribution in [3.05, 3.63) is 101 Å². The molecule has 4 aromatic rings. The first kappa shape index (κ1) is 24.4. The summed E-state index contributed by atoms with van der Waals surface area (Å²) in [5.74, 6) is -6.35. The number of rotatable bonds is 5. The third-order valence-electron chi connectivity index (χ3n) is 6.12. The van der Waals surface area contributed by atoms with Gasteiger partial charge in [0.25, 0.3) is 5.91 Å². The maximum absolute atomic E-state index is 15.3. The number of nitrogens with zero attached hydrogens (tertiary/aromatic N) is 2. The summed E-state index contributed by atoms with van der Waals surface area (Å²) in [6, 6.07) is 10.3. The molecule has 2 heterocycles. The summed E-state index contributed by atoms with van der Waals surface area (Å²) in [7, 11) is 0. The second-order valence-corrected chi connectivity index (χ2v) is 8.57. The lowest BCUT2D eigenvalue weighted by Crippen LogP contribution is -2.43. The number of ketones is 1. The molecule has 0 bridgehead atoms. The molecule has 5 rings (SSSR count). The number of benzene rings is 3. The minimum atomic E-state index is -1.27. The fourth-order valence-electron chi connectivity index (χ4n) is 4.19. The van der Waals surface area contributed by atoms with E-state index in [1.54, 1.807) is 18.3 Å². The van der Waals surface area contributed by atoms with Crippen molar-refractivity contribution in [2.24, 2.45) is 0 Å². The first-order valence-corrected chi connectivity index (χ1v) is 11.5. The molecule has 0 radical (unpaired) electrons. The molecule has 37 heavy (non-hydrogen) atoms. The monoisotopic (exact) mass is 508 g/mol. The summed E-state index contributed by atoms with van der Waals surface area (Å²) in [5.41, 5.74) is 0.118. The van der Waals surface area contributed by atoms with Crippen LogP contribution in [-0.4, -0.2) is 42.9 Å². The van der Waals surface area contributed by atoms with E-state index in [-0.39, 0.29) is 11.1 Å². The third-order valence-corrected chi connectivity index (χ3v) is 6.12. The number of hydrogen-bond donors (Lipinski definition) is 2. The topological polar surface area (TPSA) is 74.3 Å². The highest BCUT2D eigenvalue weighted by atomic mass is 19.2. The lowest BCUT2D eigenvalue weighted by Gasteiger charge is -2.29. The van der Waals surface area contributed by atoms with Gasteiger partial charge in [-0.15, -0.1) is 0 Å². The number of fused-ring (bicyclic) bond motifs is 1. The number of hydrogen-bond acceptors (Lipinski definition) is 5. The van der Waals surface area contributed by atoms with Gasteiger partial charge in [0.05, 0.1) is 28.7 Å². The second kappa shape index (κ2) is 9.98. The number of nitrogens with one attached hydrogen (secondary N) is 2. The van der Waals surface area contributed by atoms with Crippen molar-refractivity contribution < 1.29 is 27.2 Å². The van der Waals surface area contributed by atoms with Gasteiger partial charge in [0.1, 0.15) is 5.82 Å². The molecule has 1 aliphatic rings. The predicted molar refractivity (Wildman–Crippen MR) is 131 cm³/mol. The van der Waals surface area contributed by atoms with Gasteiger partial charge >= 0.3 is 0 Å². The Morgan fingerprint density at radius 3 is 2.38 bits per heavy atom. The van der Waals surface area contributed by atoms with Gasteiger partial charge < -0.3 is 15.5 Å². The second-order valence-electron chi connectivity index (χ2n) is 8.57. The van der Waals surface area contributed by atoms with E-state index >= 15 is 4.39 Å². The Hall–Kier alpha value is -4.31. The van der Waals surface area contributed by atoms with E-state index in [0.29, 0.717) is 23.0 Å². The fourth-order valence-corrected chi connectivity index (χ4v) is 4.19. The number of pyridine rings is 1. The van der Waals surface area contributed by atoms with Gasteiger partial charge in [0, 0.05) is 48.8 Å². The number of piperazine rings is 1. The minimum Gasteiger partial charge on any atom is -0.368 e. The average molecular weight is 508 g/mol. The number of halogens is 4. The van der Waals surface area contributed by atoms with Crippen LogP contribution in [0.4, 0.5) is 28.9 Å². The molecule has 1 saturated heterocycles. The lowest BCUT2D eigenvalue weighted by molar-refractivity contribution is 0.101. The molecule has 2 N–H and O–H groups in total. The first-order valence-electron chi connectivity index (χ1n) is 11.5. The molecule has 10 heteroatoms. The summed E-state index contributed by atoms with van der Waals surface area (Å²) in [6.07, 6.45) is 1.75. The molecule has 1 aliphatic heterocycles. The van der Waals surface area contributed by atoms with Crippen LogP contribution >= 0.6 is 0 Å². The molecular formula is C27H20F4N4O2. The van der Waals surface area contributed by atoms with E-state index in [9.17, 15) is 22.8 Å². The minimum absolute atomic E-state index is 0.106. The number of anilines is 2. The van der Waals surface area contributed by atoms with Crippen molar-refractivity contribution in [3.63, 3.8) is 0 Å². The summed E-state index contributed by atoms with van der Waals surface area (Å²) in [5, 5.41) is 6.05. The van der Waals surface area contributed by atoms with E-state index < -0.39 is 46.2 Å². The van der Waals surface area contributed by atoms with E-state index in [0.717, 1.165) is 50.1 Å². The fraction of sp³-hybridized carbons (Fsp3) is 0.148. The Morgan fingerprint density at radius 2 is 1.62 bits per heavy atom. The van der Waals surface area contributed by atoms with Gasteiger partial charge in [0.2, 0.25) is 0 Å². The summed E-state index contributed by atoms with van der Waals surface area (Å²) < 4.78 is 56.3. The van der Waals surface area contributed by atoms with Crippen LogP contribution in [0.3, 0.4) is 0 Å². The van der Waals surface area contributed by atoms with Crippen LogP contribution in [-0.2, 0) is 0 Å². The van der Waals surface area contributed by atoms with Gasteiger partial charge in [-0.1, -0.05) is 0 Å². The van der Waals surface area contributed by atoms with E-state index in [1.165, 1.54) is 6.07 Å². The standard InChI is InChI=1S/C27H20F4N4O2/c28-18-12-20(25(31)24(13-18)34-27(37)16-1-3-21(29)22(30)11-16)26(36)15-2-4-23-17(9-15)10-19(14-33-23)35-7-5-32-6-8-35/h1-4,9-14,32H,5-8H2,(H,34,37). The van der Waals surface area contributed by atoms with Crippen molar-refractivity contribution in [2.45, 2.75) is 0 Å². The first-order chi connectivity index (χ1) is 17.8. The van der Waals surface area contributed by atoms with Gasteiger partial charge in [0.15, 0.2) is 23.2 Å². The molecule has 1 fully saturated rings. The summed E-state index contributed by atoms with van der Waals surface area (Å²) in [6.45, 7) is 3.29. The van der Waals surface area contributed by atoms with Crippen LogP contribution < -0.4 is 15.5 Å². The maximum Gasteiger partial charge on any atom is 0.255 e. The molecule has 0 saturated carbocycles. The molecular weight excluding hydrogens is 488 g/mol. The normalized spacial score (nSPS) is 13.6. The van der Waals surface area contributed by atoms with E-state index in [2.05, 4.69) is 20.5 Å². The Labute approximate surface area is 208 Å². The Balaban J connectivity index is 1.45. The summed E-state index contributed by atoms with van der Waals surface area (Å²) >= 11 is 0. The average Bonchev–Trinajstić information content (AvgIpc) is 2.91. The SMILES string of the molecule is O=C(Nc1cc(F)cc(C(=O)c2ccc3ncc(N4CCNCC4)cc3c2)c1F)c1ccc(F)c(F)c1. The predicted octanol–water partition coefficient (Wildman–Crippen LogP) is 4.68. The smallest absolute Gasteiger partial charge is 0.255 e. The van der Waals surface area contributed by atoms with Crippen LogP contribution in [0.1, 0.15) is 26.3 Å². The van der Waals surface area contributed by atoms with Crippen molar-refractivity contribution in [2.75, 3.05) is 36.4 Å². The highest BCUT2D eigenvalue weighted by Gasteiger charge is 2.22. The largest absolute Gasteiger partial charge is 0.368 e. The van der Waals surface area contributed by atoms with Gasteiger partial charge in [-0.3, -0.25) is 14.6 Å². The maximum atomic E-state index is 15.3. The van der Waals surface area contributed by atoms with E-state index in [1.807, 2.05) is 6.07 Å². The van der Waals surface area contributed by atoms with Crippen molar-refractivity contribution in [3.8, 4) is 0 Å². The Bertz CT molecular complexity index is 1540. The Kier molecular flexibility index (Phi) is 6.58. The molecule has 6 nitrogen and oxygen atoms in total. The molecule has 0 atom stereocenters. The number of amides is 1. The van der Waals surface area contributed by atoms with Crippen LogP contribution in [0.15, 0.2) is 60.8 Å². The van der Waals surface area contributed by atoms with Crippen LogP contribution in [0.25, 0.3) is 10.9 Å². The van der Waals surface area contributed by atoms with Crippen LogP contribution in [0, 0.1) is 23.3 Å². The zero-order chi connectivity index (χ0) is 26.1. The highest BCUT2D eigenvalue weighted by molar-refractivity contribution is 6.12. The lowest BCUT2D eigenvalue weighted by atomic mass is 10.00. The summed E-state index contributed by atoms with van der Waals surface area (Å²) in [4.78, 5) is 32.2. The number of carbonyl (C=O) groups is 2. The molecule has 3 aromatic carbocycles. The van der Waals surface area contributed by atoms with E-state index in [4.69, 9.17) is 0 Å². The number of aromatic nitrogens is 1. The quantitative estimate of drug-likeness (QED) is 0.303. The number of carbonyl (C=O) groups excluding carboxylic acids is 2. The molecule has 0 unspecified atom stereocenters. The van der Waals surface area contributed by atoms with Crippen molar-refractivity contribution in [1.29, 1.82) is 0 Å². The van der Waals surface area contributed by atoms with Gasteiger partial charge in [-0.05, 0) is 48.5 Å². The van der Waals surface area contributed by atoms with Crippen molar-refractivity contribution in [1.82, 2.24) is 10.3 Å². The molecule has 1 amide bonds. The Morgan fingerprint density at radius 1 is 0.865 bits per heavy atom. The highest BCUT2D eigenvalue weighted by Crippen LogP contribution is 2.26.